The number of methoxy groups -OCH3 is 1. The van der Waals surface area contributed by atoms with E-state index in [-0.39, 0.29) is 0 Å². The molecule has 0 bridgehead atoms. The maximum atomic E-state index is 5.28. The quantitative estimate of drug-likeness (QED) is 0.165. The first-order chi connectivity index (χ1) is 8.85. The van der Waals surface area contributed by atoms with Gasteiger partial charge in [0, 0.05) is 13.7 Å². The van der Waals surface area contributed by atoms with Crippen LogP contribution in [0, 0.1) is 0 Å². The van der Waals surface area contributed by atoms with Gasteiger partial charge in [0.15, 0.2) is 0 Å². The zero-order valence-corrected chi connectivity index (χ0v) is 11.4. The van der Waals surface area contributed by atoms with Gasteiger partial charge < -0.3 is 18.7 Å². The summed E-state index contributed by atoms with van der Waals surface area (Å²) in [4.78, 5) is 9.68. The summed E-state index contributed by atoms with van der Waals surface area (Å²) in [6, 6.07) is 0. The number of rotatable bonds is 13. The molecule has 0 rings (SSSR count). The topological polar surface area (TPSA) is 55.4 Å². The summed E-state index contributed by atoms with van der Waals surface area (Å²) in [7, 11) is 0.880. The summed E-state index contributed by atoms with van der Waals surface area (Å²) in [5, 5.41) is 0. The highest BCUT2D eigenvalue weighted by Gasteiger charge is 2.20. The Morgan fingerprint density at radius 1 is 1.00 bits per heavy atom. The van der Waals surface area contributed by atoms with E-state index in [0.717, 1.165) is 6.42 Å². The van der Waals surface area contributed by atoms with Crippen LogP contribution in [0.15, 0.2) is 12.3 Å². The van der Waals surface area contributed by atoms with Crippen molar-refractivity contribution in [3.8, 4) is 0 Å². The van der Waals surface area contributed by atoms with E-state index in [0.29, 0.717) is 33.0 Å². The minimum Gasteiger partial charge on any atom is -0.518 e. The van der Waals surface area contributed by atoms with Crippen LogP contribution in [0.25, 0.3) is 0 Å². The number of hydrogen-bond acceptors (Lipinski definition) is 6. The lowest BCUT2D eigenvalue weighted by molar-refractivity contribution is -0.286. The molecule has 106 valence electrons. The van der Waals surface area contributed by atoms with Crippen molar-refractivity contribution in [1.29, 1.82) is 0 Å². The lowest BCUT2D eigenvalue weighted by atomic mass is 10.2. The predicted octanol–water partition coefficient (Wildman–Crippen LogP) is 1.56. The lowest BCUT2D eigenvalue weighted by Gasteiger charge is -2.11. The molecule has 0 unspecified atom stereocenters. The van der Waals surface area contributed by atoms with Gasteiger partial charge in [-0.25, -0.2) is 9.78 Å². The van der Waals surface area contributed by atoms with Crippen molar-refractivity contribution in [3.63, 3.8) is 0 Å². The molecular weight excluding hydrogens is 239 g/mol. The molecule has 6 nitrogen and oxygen atoms in total. The van der Waals surface area contributed by atoms with Crippen LogP contribution in [0.5, 0.6) is 0 Å². The molecule has 0 radical (unpaired) electrons. The molecule has 0 aliphatic carbocycles. The zero-order valence-electron chi connectivity index (χ0n) is 11.4. The molecule has 0 spiro atoms. The number of ether oxygens (including phenoxy) is 1. The van der Waals surface area contributed by atoms with E-state index in [9.17, 15) is 0 Å². The monoisotopic (exact) mass is 262 g/mol. The summed E-state index contributed by atoms with van der Waals surface area (Å²) in [6.07, 6.45) is 4.05. The Labute approximate surface area is 109 Å². The van der Waals surface area contributed by atoms with Crippen LogP contribution in [-0.2, 0) is 28.5 Å². The van der Waals surface area contributed by atoms with Crippen molar-refractivity contribution < 1.29 is 28.5 Å². The summed E-state index contributed by atoms with van der Waals surface area (Å²) in [5.74, 6) is 0. The molecule has 0 saturated carbocycles. The molecule has 0 amide bonds. The maximum Gasteiger partial charge on any atom is 0.712 e. The largest absolute Gasteiger partial charge is 0.712 e. The molecule has 0 fully saturated rings. The predicted molar refractivity (Wildman–Crippen MR) is 67.6 cm³/mol. The smallest absolute Gasteiger partial charge is 0.518 e. The molecule has 0 aliphatic rings. The highest BCUT2D eigenvalue weighted by atomic mass is 17.2. The maximum absolute atomic E-state index is 5.28. The molecule has 0 heterocycles. The fourth-order valence-electron chi connectivity index (χ4n) is 0.879. The minimum absolute atomic E-state index is 0.316. The van der Waals surface area contributed by atoms with Gasteiger partial charge in [-0.3, -0.25) is 0 Å². The van der Waals surface area contributed by atoms with Crippen molar-refractivity contribution in [2.45, 2.75) is 20.3 Å². The van der Waals surface area contributed by atoms with Gasteiger partial charge in [-0.15, -0.1) is 0 Å². The third-order valence-electron chi connectivity index (χ3n) is 1.67. The van der Waals surface area contributed by atoms with Crippen LogP contribution in [0.4, 0.5) is 0 Å². The molecule has 0 saturated heterocycles. The van der Waals surface area contributed by atoms with Crippen LogP contribution >= 0.6 is 0 Å². The zero-order chi connectivity index (χ0) is 13.5. The van der Waals surface area contributed by atoms with Gasteiger partial charge in [0.2, 0.25) is 0 Å². The third kappa shape index (κ3) is 11.9. The van der Waals surface area contributed by atoms with Gasteiger partial charge in [0.1, 0.15) is 6.61 Å². The Balaban J connectivity index is 3.57. The summed E-state index contributed by atoms with van der Waals surface area (Å²) < 4.78 is 20.6. The SMILES string of the molecule is CCCOOC/C=C/OB(OCC)OCCOC. The van der Waals surface area contributed by atoms with Gasteiger partial charge in [0.05, 0.1) is 26.1 Å². The van der Waals surface area contributed by atoms with Gasteiger partial charge >= 0.3 is 7.32 Å². The summed E-state index contributed by atoms with van der Waals surface area (Å²) in [6.45, 7) is 6.17. The lowest BCUT2D eigenvalue weighted by Crippen LogP contribution is -2.26. The Morgan fingerprint density at radius 3 is 2.50 bits per heavy atom. The van der Waals surface area contributed by atoms with E-state index in [1.165, 1.54) is 6.26 Å². The Kier molecular flexibility index (Phi) is 14.0. The van der Waals surface area contributed by atoms with E-state index in [4.69, 9.17) is 28.5 Å². The van der Waals surface area contributed by atoms with E-state index in [2.05, 4.69) is 0 Å². The Hall–Kier alpha value is -0.595. The number of hydrogen-bond donors (Lipinski definition) is 0. The Bertz CT molecular complexity index is 190. The average molecular weight is 262 g/mol. The molecule has 0 aromatic rings. The molecule has 0 aliphatic heterocycles. The van der Waals surface area contributed by atoms with E-state index in [1.54, 1.807) is 13.2 Å². The second-order valence-corrected chi connectivity index (χ2v) is 3.22. The van der Waals surface area contributed by atoms with Crippen molar-refractivity contribution >= 4 is 7.32 Å². The molecule has 0 aromatic carbocycles. The second-order valence-electron chi connectivity index (χ2n) is 3.22. The highest BCUT2D eigenvalue weighted by Crippen LogP contribution is 1.94. The van der Waals surface area contributed by atoms with E-state index >= 15 is 0 Å². The average Bonchev–Trinajstić information content (AvgIpc) is 2.38. The van der Waals surface area contributed by atoms with Crippen molar-refractivity contribution in [1.82, 2.24) is 0 Å². The molecule has 0 aromatic heterocycles. The van der Waals surface area contributed by atoms with Crippen molar-refractivity contribution in [2.75, 3.05) is 40.1 Å². The first-order valence-electron chi connectivity index (χ1n) is 6.12. The van der Waals surface area contributed by atoms with Gasteiger partial charge in [0.25, 0.3) is 0 Å². The fraction of sp³-hybridized carbons (Fsp3) is 0.818. The van der Waals surface area contributed by atoms with Crippen LogP contribution in [0.3, 0.4) is 0 Å². The Morgan fingerprint density at radius 2 is 1.83 bits per heavy atom. The van der Waals surface area contributed by atoms with Gasteiger partial charge in [-0.1, -0.05) is 6.92 Å². The second kappa shape index (κ2) is 14.5. The first-order valence-corrected chi connectivity index (χ1v) is 6.12. The normalized spacial score (nSPS) is 11.1. The molecule has 18 heavy (non-hydrogen) atoms. The highest BCUT2D eigenvalue weighted by molar-refractivity contribution is 6.36. The van der Waals surface area contributed by atoms with Crippen LogP contribution in [0.1, 0.15) is 20.3 Å². The van der Waals surface area contributed by atoms with Crippen LogP contribution in [-0.4, -0.2) is 47.5 Å². The van der Waals surface area contributed by atoms with Crippen LogP contribution in [0.2, 0.25) is 0 Å². The summed E-state index contributed by atoms with van der Waals surface area (Å²) >= 11 is 0. The first kappa shape index (κ1) is 17.4. The van der Waals surface area contributed by atoms with Crippen molar-refractivity contribution in [2.24, 2.45) is 0 Å². The molecule has 7 heteroatoms. The van der Waals surface area contributed by atoms with Gasteiger partial charge in [-0.2, -0.15) is 0 Å². The minimum atomic E-state index is -0.724. The standard InChI is InChI=1S/C11H23BO6/c1-4-7-17-18-9-6-8-15-12(14-5-2)16-11-10-13-3/h6,8H,4-5,7,9-11H2,1-3H3/b8-6+. The van der Waals surface area contributed by atoms with Crippen LogP contribution < -0.4 is 0 Å². The molecule has 0 atom stereocenters. The third-order valence-corrected chi connectivity index (χ3v) is 1.67. The molecule has 0 N–H and O–H groups in total. The summed E-state index contributed by atoms with van der Waals surface area (Å²) in [5.41, 5.74) is 0. The molecular formula is C11H23BO6. The fourth-order valence-corrected chi connectivity index (χ4v) is 0.879. The van der Waals surface area contributed by atoms with E-state index < -0.39 is 7.32 Å². The van der Waals surface area contributed by atoms with Crippen molar-refractivity contribution in [3.05, 3.63) is 12.3 Å². The van der Waals surface area contributed by atoms with E-state index in [1.807, 2.05) is 13.8 Å². The van der Waals surface area contributed by atoms with Gasteiger partial charge in [-0.05, 0) is 19.4 Å².